The van der Waals surface area contributed by atoms with E-state index in [1.807, 2.05) is 0 Å². The highest BCUT2D eigenvalue weighted by Crippen LogP contribution is 2.28. The molecule has 0 bridgehead atoms. The molecule has 1 rings (SSSR count). The lowest BCUT2D eigenvalue weighted by Crippen LogP contribution is -2.15. The van der Waals surface area contributed by atoms with Crippen molar-refractivity contribution >= 4 is 0 Å². The first-order chi connectivity index (χ1) is 5.93. The van der Waals surface area contributed by atoms with Crippen LogP contribution in [0.2, 0.25) is 0 Å². The largest absolute Gasteiger partial charge is 0.416 e. The van der Waals surface area contributed by atoms with E-state index in [9.17, 15) is 18.0 Å². The van der Waals surface area contributed by atoms with Crippen LogP contribution < -0.4 is 5.56 Å². The molecule has 0 radical (unpaired) electrons. The van der Waals surface area contributed by atoms with Crippen molar-refractivity contribution in [1.82, 2.24) is 4.98 Å². The quantitative estimate of drug-likeness (QED) is 0.695. The number of aromatic amines is 1. The second-order valence-electron chi connectivity index (χ2n) is 2.41. The minimum absolute atomic E-state index is 0.153. The molecule has 0 aliphatic carbocycles. The van der Waals surface area contributed by atoms with E-state index in [1.165, 1.54) is 0 Å². The summed E-state index contributed by atoms with van der Waals surface area (Å²) in [5.74, 6) is 0. The smallest absolute Gasteiger partial charge is 0.390 e. The molecule has 3 nitrogen and oxygen atoms in total. The predicted octanol–water partition coefficient (Wildman–Crippen LogP) is 0.886. The van der Waals surface area contributed by atoms with Crippen LogP contribution in [0.4, 0.5) is 13.2 Å². The van der Waals surface area contributed by atoms with Gasteiger partial charge in [-0.3, -0.25) is 4.79 Å². The highest BCUT2D eigenvalue weighted by molar-refractivity contribution is 5.18. The zero-order chi connectivity index (χ0) is 10.1. The maximum absolute atomic E-state index is 12.0. The molecule has 0 spiro atoms. The van der Waals surface area contributed by atoms with Crippen molar-refractivity contribution in [3.05, 3.63) is 33.7 Å². The Morgan fingerprint density at radius 1 is 1.38 bits per heavy atom. The van der Waals surface area contributed by atoms with Crippen molar-refractivity contribution in [3.63, 3.8) is 0 Å². The summed E-state index contributed by atoms with van der Waals surface area (Å²) in [6.07, 6.45) is -4.56. The fourth-order valence-corrected chi connectivity index (χ4v) is 0.850. The molecule has 0 saturated heterocycles. The minimum atomic E-state index is -4.56. The van der Waals surface area contributed by atoms with Crippen LogP contribution in [0.15, 0.2) is 16.9 Å². The van der Waals surface area contributed by atoms with Crippen molar-refractivity contribution in [2.24, 2.45) is 0 Å². The van der Waals surface area contributed by atoms with Gasteiger partial charge in [0, 0.05) is 11.8 Å². The van der Waals surface area contributed by atoms with Crippen LogP contribution >= 0.6 is 0 Å². The van der Waals surface area contributed by atoms with Gasteiger partial charge in [0.1, 0.15) is 0 Å². The van der Waals surface area contributed by atoms with Gasteiger partial charge < -0.3 is 10.1 Å². The molecule has 1 aromatic heterocycles. The van der Waals surface area contributed by atoms with Crippen molar-refractivity contribution in [3.8, 4) is 0 Å². The summed E-state index contributed by atoms with van der Waals surface area (Å²) in [4.78, 5) is 12.7. The molecular weight excluding hydrogens is 187 g/mol. The number of hydrogen-bond acceptors (Lipinski definition) is 2. The first kappa shape index (κ1) is 9.79. The Morgan fingerprint density at radius 2 is 2.00 bits per heavy atom. The van der Waals surface area contributed by atoms with E-state index in [4.69, 9.17) is 5.11 Å². The lowest BCUT2D eigenvalue weighted by molar-refractivity contribution is -0.137. The third-order valence-corrected chi connectivity index (χ3v) is 1.40. The minimum Gasteiger partial charge on any atom is -0.390 e. The van der Waals surface area contributed by atoms with Crippen molar-refractivity contribution in [2.45, 2.75) is 12.8 Å². The molecule has 0 saturated carbocycles. The molecule has 72 valence electrons. The maximum Gasteiger partial charge on any atom is 0.416 e. The molecular formula is C7H6F3NO2. The van der Waals surface area contributed by atoms with Crippen LogP contribution in [-0.4, -0.2) is 10.1 Å². The van der Waals surface area contributed by atoms with Crippen molar-refractivity contribution in [1.29, 1.82) is 0 Å². The molecule has 1 heterocycles. The van der Waals surface area contributed by atoms with Gasteiger partial charge in [0.05, 0.1) is 12.2 Å². The van der Waals surface area contributed by atoms with Gasteiger partial charge in [0.15, 0.2) is 0 Å². The number of rotatable bonds is 1. The number of nitrogens with one attached hydrogen (secondary N) is 1. The van der Waals surface area contributed by atoms with E-state index < -0.39 is 23.9 Å². The van der Waals surface area contributed by atoms with Crippen LogP contribution in [0.1, 0.15) is 11.3 Å². The van der Waals surface area contributed by atoms with E-state index in [-0.39, 0.29) is 5.69 Å². The van der Waals surface area contributed by atoms with Crippen LogP contribution in [0.5, 0.6) is 0 Å². The van der Waals surface area contributed by atoms with Crippen LogP contribution in [0, 0.1) is 0 Å². The van der Waals surface area contributed by atoms with E-state index in [1.54, 1.807) is 0 Å². The lowest BCUT2D eigenvalue weighted by atomic mass is 10.2. The zero-order valence-corrected chi connectivity index (χ0v) is 6.35. The standard InChI is InChI=1S/C7H6F3NO2/c8-7(9,10)4-1-5(3-12)11-6(13)2-4/h1-2,12H,3H2,(H,11,13). The molecule has 0 atom stereocenters. The molecule has 0 aromatic carbocycles. The SMILES string of the molecule is O=c1cc(C(F)(F)F)cc(CO)[nH]1. The third kappa shape index (κ3) is 2.32. The normalized spacial score (nSPS) is 11.7. The Labute approximate surface area is 70.8 Å². The topological polar surface area (TPSA) is 53.1 Å². The third-order valence-electron chi connectivity index (χ3n) is 1.40. The average molecular weight is 193 g/mol. The van der Waals surface area contributed by atoms with Gasteiger partial charge >= 0.3 is 6.18 Å². The Morgan fingerprint density at radius 3 is 2.46 bits per heavy atom. The molecule has 1 aromatic rings. The molecule has 0 aliphatic rings. The van der Waals surface area contributed by atoms with E-state index in [0.29, 0.717) is 12.1 Å². The fraction of sp³-hybridized carbons (Fsp3) is 0.286. The first-order valence-electron chi connectivity index (χ1n) is 3.35. The Balaban J connectivity index is 3.24. The summed E-state index contributed by atoms with van der Waals surface area (Å²) in [6.45, 7) is -0.626. The summed E-state index contributed by atoms with van der Waals surface area (Å²) in [5.41, 5.74) is -2.08. The molecule has 0 aliphatic heterocycles. The molecule has 6 heteroatoms. The number of halogens is 3. The Hall–Kier alpha value is -1.30. The van der Waals surface area contributed by atoms with Gasteiger partial charge in [0.2, 0.25) is 5.56 Å². The van der Waals surface area contributed by atoms with Crippen molar-refractivity contribution in [2.75, 3.05) is 0 Å². The molecule has 2 N–H and O–H groups in total. The molecule has 0 amide bonds. The second kappa shape index (κ2) is 3.21. The van der Waals surface area contributed by atoms with Gasteiger partial charge in [-0.1, -0.05) is 0 Å². The summed E-state index contributed by atoms with van der Waals surface area (Å²) in [5, 5.41) is 8.51. The number of alkyl halides is 3. The number of aromatic nitrogens is 1. The molecule has 13 heavy (non-hydrogen) atoms. The average Bonchev–Trinajstić information content (AvgIpc) is 2.01. The maximum atomic E-state index is 12.0. The summed E-state index contributed by atoms with van der Waals surface area (Å²) in [6, 6.07) is 1.14. The molecule has 0 fully saturated rings. The van der Waals surface area contributed by atoms with Gasteiger partial charge in [-0.25, -0.2) is 0 Å². The summed E-state index contributed by atoms with van der Waals surface area (Å²) >= 11 is 0. The predicted molar refractivity (Wildman–Crippen MR) is 38.0 cm³/mol. The Bertz CT molecular complexity index is 355. The van der Waals surface area contributed by atoms with Crippen LogP contribution in [0.3, 0.4) is 0 Å². The number of aliphatic hydroxyl groups is 1. The first-order valence-corrected chi connectivity index (χ1v) is 3.35. The van der Waals surface area contributed by atoms with E-state index in [0.717, 1.165) is 0 Å². The highest BCUT2D eigenvalue weighted by Gasteiger charge is 2.31. The summed E-state index contributed by atoms with van der Waals surface area (Å²) in [7, 11) is 0. The number of hydrogen-bond donors (Lipinski definition) is 2. The van der Waals surface area contributed by atoms with E-state index >= 15 is 0 Å². The van der Waals surface area contributed by atoms with Gasteiger partial charge in [0.25, 0.3) is 0 Å². The second-order valence-corrected chi connectivity index (χ2v) is 2.41. The van der Waals surface area contributed by atoms with Gasteiger partial charge in [-0.05, 0) is 6.07 Å². The van der Waals surface area contributed by atoms with Crippen LogP contribution in [0.25, 0.3) is 0 Å². The van der Waals surface area contributed by atoms with Gasteiger partial charge in [-0.2, -0.15) is 13.2 Å². The van der Waals surface area contributed by atoms with Crippen molar-refractivity contribution < 1.29 is 18.3 Å². The fourth-order valence-electron chi connectivity index (χ4n) is 0.850. The van der Waals surface area contributed by atoms with Gasteiger partial charge in [-0.15, -0.1) is 0 Å². The van der Waals surface area contributed by atoms with Crippen LogP contribution in [-0.2, 0) is 12.8 Å². The number of pyridine rings is 1. The molecule has 0 unspecified atom stereocenters. The summed E-state index contributed by atoms with van der Waals surface area (Å²) < 4.78 is 36.1. The number of aliphatic hydroxyl groups excluding tert-OH is 1. The van der Waals surface area contributed by atoms with E-state index in [2.05, 4.69) is 4.98 Å². The highest BCUT2D eigenvalue weighted by atomic mass is 19.4. The zero-order valence-electron chi connectivity index (χ0n) is 6.35. The Kier molecular flexibility index (Phi) is 2.42. The monoisotopic (exact) mass is 193 g/mol. The lowest BCUT2D eigenvalue weighted by Gasteiger charge is -2.06. The number of H-pyrrole nitrogens is 1.